The number of nitrogens with zero attached hydrogens (tertiary/aromatic N) is 1. The fourth-order valence-corrected chi connectivity index (χ4v) is 3.77. The molecule has 0 unspecified atom stereocenters. The number of hydrogen-bond donors (Lipinski definition) is 1. The maximum absolute atomic E-state index is 12.5. The zero-order chi connectivity index (χ0) is 17.5. The van der Waals surface area contributed by atoms with E-state index < -0.39 is 0 Å². The third-order valence-corrected chi connectivity index (χ3v) is 5.05. The number of benzene rings is 1. The van der Waals surface area contributed by atoms with Crippen LogP contribution in [0.2, 0.25) is 0 Å². The van der Waals surface area contributed by atoms with E-state index in [0.717, 1.165) is 32.5 Å². The van der Waals surface area contributed by atoms with Crippen LogP contribution in [0.5, 0.6) is 5.75 Å². The molecule has 0 spiro atoms. The van der Waals surface area contributed by atoms with E-state index in [1.54, 1.807) is 18.4 Å². The van der Waals surface area contributed by atoms with Gasteiger partial charge in [0.05, 0.1) is 25.4 Å². The lowest BCUT2D eigenvalue weighted by Crippen LogP contribution is -2.37. The average Bonchev–Trinajstić information content (AvgIpc) is 3.29. The van der Waals surface area contributed by atoms with Crippen LogP contribution in [-0.2, 0) is 16.1 Å². The van der Waals surface area contributed by atoms with Gasteiger partial charge in [-0.2, -0.15) is 0 Å². The Kier molecular flexibility index (Phi) is 6.44. The first-order chi connectivity index (χ1) is 12.2. The molecule has 6 heteroatoms. The number of amides is 1. The van der Waals surface area contributed by atoms with E-state index >= 15 is 0 Å². The van der Waals surface area contributed by atoms with Crippen molar-refractivity contribution in [2.24, 2.45) is 0 Å². The Morgan fingerprint density at radius 2 is 2.24 bits per heavy atom. The lowest BCUT2D eigenvalue weighted by molar-refractivity contribution is -0.117. The standard InChI is InChI=1S/C19H24N2O3S/c1-23-18-9-3-2-8-17(18)20-19(22)14-21(12-15-6-4-10-24-15)13-16-7-5-11-25-16/h2-3,5,7-9,11,15H,4,6,10,12-14H2,1H3,(H,20,22)/t15-/m1/s1. The Labute approximate surface area is 152 Å². The van der Waals surface area contributed by atoms with E-state index in [0.29, 0.717) is 18.0 Å². The van der Waals surface area contributed by atoms with Crippen molar-refractivity contribution < 1.29 is 14.3 Å². The van der Waals surface area contributed by atoms with Crippen LogP contribution in [0, 0.1) is 0 Å². The number of thiophene rings is 1. The van der Waals surface area contributed by atoms with E-state index in [1.807, 2.05) is 30.3 Å². The Morgan fingerprint density at radius 1 is 1.36 bits per heavy atom. The smallest absolute Gasteiger partial charge is 0.238 e. The minimum absolute atomic E-state index is 0.0425. The van der Waals surface area contributed by atoms with Gasteiger partial charge in [0.25, 0.3) is 0 Å². The van der Waals surface area contributed by atoms with Crippen LogP contribution >= 0.6 is 11.3 Å². The lowest BCUT2D eigenvalue weighted by atomic mass is 10.2. The van der Waals surface area contributed by atoms with Gasteiger partial charge in [-0.15, -0.1) is 11.3 Å². The zero-order valence-electron chi connectivity index (χ0n) is 14.4. The van der Waals surface area contributed by atoms with Crippen LogP contribution in [0.3, 0.4) is 0 Å². The SMILES string of the molecule is COc1ccccc1NC(=O)CN(Cc1cccs1)C[C@H]1CCCO1. The normalized spacial score (nSPS) is 17.0. The monoisotopic (exact) mass is 360 g/mol. The predicted octanol–water partition coefficient (Wildman–Crippen LogP) is 3.38. The van der Waals surface area contributed by atoms with Crippen molar-refractivity contribution in [2.45, 2.75) is 25.5 Å². The van der Waals surface area contributed by atoms with Crippen LogP contribution < -0.4 is 10.1 Å². The van der Waals surface area contributed by atoms with E-state index in [9.17, 15) is 4.79 Å². The molecule has 2 heterocycles. The molecule has 1 fully saturated rings. The summed E-state index contributed by atoms with van der Waals surface area (Å²) < 4.78 is 11.0. The molecule has 1 aromatic carbocycles. The summed E-state index contributed by atoms with van der Waals surface area (Å²) in [5.41, 5.74) is 0.697. The first-order valence-corrected chi connectivity index (χ1v) is 9.42. The van der Waals surface area contributed by atoms with Gasteiger partial charge in [0.15, 0.2) is 0 Å². The summed E-state index contributed by atoms with van der Waals surface area (Å²) in [6.07, 6.45) is 2.39. The second-order valence-corrected chi connectivity index (χ2v) is 7.16. The highest BCUT2D eigenvalue weighted by Gasteiger charge is 2.21. The molecule has 0 bridgehead atoms. The summed E-state index contributed by atoms with van der Waals surface area (Å²) in [4.78, 5) is 16.0. The summed E-state index contributed by atoms with van der Waals surface area (Å²) in [5, 5.41) is 5.02. The van der Waals surface area contributed by atoms with Gasteiger partial charge in [-0.3, -0.25) is 9.69 Å². The maximum Gasteiger partial charge on any atom is 0.238 e. The Morgan fingerprint density at radius 3 is 2.96 bits per heavy atom. The molecule has 1 aromatic heterocycles. The van der Waals surface area contributed by atoms with Crippen LogP contribution in [0.15, 0.2) is 41.8 Å². The minimum atomic E-state index is -0.0425. The highest BCUT2D eigenvalue weighted by atomic mass is 32.1. The van der Waals surface area contributed by atoms with E-state index in [2.05, 4.69) is 21.7 Å². The van der Waals surface area contributed by atoms with Crippen LogP contribution in [0.4, 0.5) is 5.69 Å². The number of anilines is 1. The second kappa shape index (κ2) is 8.99. The average molecular weight is 360 g/mol. The molecule has 1 N–H and O–H groups in total. The third-order valence-electron chi connectivity index (χ3n) is 4.19. The number of methoxy groups -OCH3 is 1. The minimum Gasteiger partial charge on any atom is -0.495 e. The quantitative estimate of drug-likeness (QED) is 0.784. The molecule has 0 saturated carbocycles. The van der Waals surface area contributed by atoms with Gasteiger partial charge in [0.1, 0.15) is 5.75 Å². The van der Waals surface area contributed by atoms with Crippen molar-refractivity contribution in [3.63, 3.8) is 0 Å². The van der Waals surface area contributed by atoms with Gasteiger partial charge < -0.3 is 14.8 Å². The van der Waals surface area contributed by atoms with Gasteiger partial charge in [-0.05, 0) is 36.4 Å². The third kappa shape index (κ3) is 5.29. The summed E-state index contributed by atoms with van der Waals surface area (Å²) in [5.74, 6) is 0.624. The maximum atomic E-state index is 12.5. The zero-order valence-corrected chi connectivity index (χ0v) is 15.3. The van der Waals surface area contributed by atoms with E-state index in [1.165, 1.54) is 4.88 Å². The topological polar surface area (TPSA) is 50.8 Å². The van der Waals surface area contributed by atoms with Gasteiger partial charge in [0.2, 0.25) is 5.91 Å². The first-order valence-electron chi connectivity index (χ1n) is 8.54. The molecular weight excluding hydrogens is 336 g/mol. The molecule has 0 aliphatic carbocycles. The molecular formula is C19H24N2O3S. The van der Waals surface area contributed by atoms with Crippen molar-refractivity contribution in [2.75, 3.05) is 32.1 Å². The number of ether oxygens (including phenoxy) is 2. The summed E-state index contributed by atoms with van der Waals surface area (Å²) in [6.45, 7) is 2.69. The van der Waals surface area contributed by atoms with Crippen molar-refractivity contribution >= 4 is 22.9 Å². The predicted molar refractivity (Wildman–Crippen MR) is 100 cm³/mol. The Bertz CT molecular complexity index is 669. The number of carbonyl (C=O) groups is 1. The first kappa shape index (κ1) is 17.9. The largest absolute Gasteiger partial charge is 0.495 e. The van der Waals surface area contributed by atoms with Crippen molar-refractivity contribution in [3.05, 3.63) is 46.7 Å². The molecule has 3 rings (SSSR count). The number of hydrogen-bond acceptors (Lipinski definition) is 5. The summed E-state index contributed by atoms with van der Waals surface area (Å²) >= 11 is 1.71. The fourth-order valence-electron chi connectivity index (χ4n) is 3.02. The van der Waals surface area contributed by atoms with Gasteiger partial charge >= 0.3 is 0 Å². The van der Waals surface area contributed by atoms with Crippen LogP contribution in [-0.4, -0.2) is 43.7 Å². The Hall–Kier alpha value is -1.89. The number of rotatable bonds is 8. The molecule has 1 atom stereocenters. The molecule has 134 valence electrons. The van der Waals surface area contributed by atoms with Crippen LogP contribution in [0.1, 0.15) is 17.7 Å². The molecule has 25 heavy (non-hydrogen) atoms. The second-order valence-electron chi connectivity index (χ2n) is 6.13. The molecule has 1 amide bonds. The summed E-state index contributed by atoms with van der Waals surface area (Å²) in [7, 11) is 1.60. The highest BCUT2D eigenvalue weighted by molar-refractivity contribution is 7.09. The fraction of sp³-hybridized carbons (Fsp3) is 0.421. The van der Waals surface area contributed by atoms with Gasteiger partial charge in [-0.25, -0.2) is 0 Å². The molecule has 1 aliphatic heterocycles. The molecule has 1 saturated heterocycles. The lowest BCUT2D eigenvalue weighted by Gasteiger charge is -2.24. The van der Waals surface area contributed by atoms with Crippen molar-refractivity contribution in [1.29, 1.82) is 0 Å². The molecule has 2 aromatic rings. The summed E-state index contributed by atoms with van der Waals surface area (Å²) in [6, 6.07) is 11.6. The van der Waals surface area contributed by atoms with E-state index in [-0.39, 0.29) is 12.0 Å². The molecule has 0 radical (unpaired) electrons. The van der Waals surface area contributed by atoms with Gasteiger partial charge in [-0.1, -0.05) is 18.2 Å². The number of nitrogens with one attached hydrogen (secondary N) is 1. The number of para-hydroxylation sites is 2. The molecule has 1 aliphatic rings. The highest BCUT2D eigenvalue weighted by Crippen LogP contribution is 2.23. The van der Waals surface area contributed by atoms with E-state index in [4.69, 9.17) is 9.47 Å². The van der Waals surface area contributed by atoms with Crippen molar-refractivity contribution in [1.82, 2.24) is 4.90 Å². The van der Waals surface area contributed by atoms with Crippen molar-refractivity contribution in [3.8, 4) is 5.75 Å². The Balaban J connectivity index is 1.62. The number of carbonyl (C=O) groups excluding carboxylic acids is 1. The van der Waals surface area contributed by atoms with Gasteiger partial charge in [0, 0.05) is 24.6 Å². The molecule has 5 nitrogen and oxygen atoms in total. The van der Waals surface area contributed by atoms with Crippen LogP contribution in [0.25, 0.3) is 0 Å².